The molecule has 0 aliphatic carbocycles. The van der Waals surface area contributed by atoms with Gasteiger partial charge in [0.15, 0.2) is 0 Å². The summed E-state index contributed by atoms with van der Waals surface area (Å²) in [4.78, 5) is 19.4. The molecule has 1 aliphatic heterocycles. The van der Waals surface area contributed by atoms with E-state index < -0.39 is 10.0 Å². The predicted molar refractivity (Wildman–Crippen MR) is 121 cm³/mol. The van der Waals surface area contributed by atoms with E-state index in [-0.39, 0.29) is 32.6 Å². The summed E-state index contributed by atoms with van der Waals surface area (Å²) in [6, 6.07) is 16.1. The number of pyridine rings is 1. The molecule has 0 spiro atoms. The van der Waals surface area contributed by atoms with Crippen LogP contribution in [0.3, 0.4) is 0 Å². The minimum atomic E-state index is -3.90. The second-order valence-electron chi connectivity index (χ2n) is 7.17. The van der Waals surface area contributed by atoms with Crippen molar-refractivity contribution in [2.75, 3.05) is 11.3 Å². The fourth-order valence-corrected chi connectivity index (χ4v) is 5.07. The van der Waals surface area contributed by atoms with Crippen molar-refractivity contribution in [2.24, 2.45) is 0 Å². The van der Waals surface area contributed by atoms with Crippen LogP contribution in [0.5, 0.6) is 0 Å². The molecule has 1 unspecified atom stereocenters. The largest absolute Gasteiger partial charge is 0.330 e. The minimum absolute atomic E-state index is 0.0200. The molecule has 0 bridgehead atoms. The lowest BCUT2D eigenvalue weighted by atomic mass is 10.1. The van der Waals surface area contributed by atoms with Gasteiger partial charge in [-0.3, -0.25) is 14.5 Å². The Morgan fingerprint density at radius 3 is 2.61 bits per heavy atom. The number of carbonyl (C=O) groups excluding carboxylic acids is 1. The third kappa shape index (κ3) is 4.69. The van der Waals surface area contributed by atoms with E-state index in [1.165, 1.54) is 24.3 Å². The van der Waals surface area contributed by atoms with Gasteiger partial charge in [-0.25, -0.2) is 8.42 Å². The molecule has 1 atom stereocenters. The Bertz CT molecular complexity index is 1220. The molecule has 2 aromatic carbocycles. The lowest BCUT2D eigenvalue weighted by Crippen LogP contribution is -2.31. The standard InChI is InChI=1S/C22H19Cl2N3O3S/c23-18-10-9-17(14-19(18)24)31(29,30)26-16-6-3-5-15(13-16)22(28)27-12-4-8-21(27)20-7-1-2-11-25-20/h1-3,5-7,9-11,13-14,21,26H,4,8,12H2. The van der Waals surface area contributed by atoms with Gasteiger partial charge in [-0.1, -0.05) is 35.3 Å². The van der Waals surface area contributed by atoms with Crippen LogP contribution in [0.4, 0.5) is 5.69 Å². The molecule has 1 amide bonds. The predicted octanol–water partition coefficient (Wildman–Crippen LogP) is 5.17. The van der Waals surface area contributed by atoms with Crippen molar-refractivity contribution in [3.05, 3.63) is 88.2 Å². The van der Waals surface area contributed by atoms with Crippen molar-refractivity contribution < 1.29 is 13.2 Å². The average molecular weight is 476 g/mol. The molecule has 1 fully saturated rings. The summed E-state index contributed by atoms with van der Waals surface area (Å²) in [6.07, 6.45) is 3.44. The summed E-state index contributed by atoms with van der Waals surface area (Å²) in [6.45, 7) is 0.624. The van der Waals surface area contributed by atoms with Crippen LogP contribution in [0, 0.1) is 0 Å². The van der Waals surface area contributed by atoms with Gasteiger partial charge in [-0.05, 0) is 61.4 Å². The third-order valence-corrected chi connectivity index (χ3v) is 7.22. The first-order chi connectivity index (χ1) is 14.8. The molecule has 0 saturated carbocycles. The van der Waals surface area contributed by atoms with Gasteiger partial charge in [-0.2, -0.15) is 0 Å². The lowest BCUT2D eigenvalue weighted by molar-refractivity contribution is 0.0733. The maximum Gasteiger partial charge on any atom is 0.261 e. The number of hydrogen-bond acceptors (Lipinski definition) is 4. The molecular weight excluding hydrogens is 457 g/mol. The van der Waals surface area contributed by atoms with Crippen molar-refractivity contribution in [3.63, 3.8) is 0 Å². The van der Waals surface area contributed by atoms with Crippen LogP contribution in [0.2, 0.25) is 10.0 Å². The van der Waals surface area contributed by atoms with Crippen LogP contribution in [-0.2, 0) is 10.0 Å². The van der Waals surface area contributed by atoms with E-state index in [2.05, 4.69) is 9.71 Å². The number of benzene rings is 2. The molecule has 1 N–H and O–H groups in total. The summed E-state index contributed by atoms with van der Waals surface area (Å²) in [5.74, 6) is -0.163. The molecule has 6 nitrogen and oxygen atoms in total. The summed E-state index contributed by atoms with van der Waals surface area (Å²) in [5.41, 5.74) is 1.53. The number of carbonyl (C=O) groups is 1. The van der Waals surface area contributed by atoms with Gasteiger partial charge in [-0.15, -0.1) is 0 Å². The lowest BCUT2D eigenvalue weighted by Gasteiger charge is -2.24. The van der Waals surface area contributed by atoms with Gasteiger partial charge in [0.25, 0.3) is 15.9 Å². The molecule has 1 aliphatic rings. The van der Waals surface area contributed by atoms with Crippen molar-refractivity contribution in [1.29, 1.82) is 0 Å². The highest BCUT2D eigenvalue weighted by molar-refractivity contribution is 7.92. The smallest absolute Gasteiger partial charge is 0.261 e. The molecule has 160 valence electrons. The van der Waals surface area contributed by atoms with Gasteiger partial charge in [0.05, 0.1) is 26.7 Å². The topological polar surface area (TPSA) is 79.4 Å². The third-order valence-electron chi connectivity index (χ3n) is 5.11. The number of amides is 1. The van der Waals surface area contributed by atoms with Crippen molar-refractivity contribution in [3.8, 4) is 0 Å². The van der Waals surface area contributed by atoms with E-state index >= 15 is 0 Å². The van der Waals surface area contributed by atoms with Crippen LogP contribution in [0.25, 0.3) is 0 Å². The number of rotatable bonds is 5. The number of aromatic nitrogens is 1. The highest BCUT2D eigenvalue weighted by Crippen LogP contribution is 2.32. The van der Waals surface area contributed by atoms with Gasteiger partial charge < -0.3 is 4.90 Å². The average Bonchev–Trinajstić information content (AvgIpc) is 3.25. The number of anilines is 1. The number of sulfonamides is 1. The van der Waals surface area contributed by atoms with Crippen molar-refractivity contribution in [1.82, 2.24) is 9.88 Å². The van der Waals surface area contributed by atoms with E-state index in [1.807, 2.05) is 18.2 Å². The van der Waals surface area contributed by atoms with E-state index in [4.69, 9.17) is 23.2 Å². The van der Waals surface area contributed by atoms with Gasteiger partial charge in [0.2, 0.25) is 0 Å². The molecule has 2 heterocycles. The van der Waals surface area contributed by atoms with E-state index in [9.17, 15) is 13.2 Å². The Hall–Kier alpha value is -2.61. The molecule has 1 saturated heterocycles. The Kier molecular flexibility index (Phi) is 6.18. The normalized spacial score (nSPS) is 16.3. The van der Waals surface area contributed by atoms with Gasteiger partial charge >= 0.3 is 0 Å². The zero-order chi connectivity index (χ0) is 22.0. The fourth-order valence-electron chi connectivity index (χ4n) is 3.63. The quantitative estimate of drug-likeness (QED) is 0.551. The monoisotopic (exact) mass is 475 g/mol. The first kappa shape index (κ1) is 21.6. The fraction of sp³-hybridized carbons (Fsp3) is 0.182. The maximum atomic E-state index is 13.2. The SMILES string of the molecule is O=C(c1cccc(NS(=O)(=O)c2ccc(Cl)c(Cl)c2)c1)N1CCCC1c1ccccn1. The molecule has 3 aromatic rings. The number of halogens is 2. The minimum Gasteiger partial charge on any atom is -0.330 e. The second kappa shape index (κ2) is 8.86. The van der Waals surface area contributed by atoms with E-state index in [0.29, 0.717) is 12.1 Å². The highest BCUT2D eigenvalue weighted by Gasteiger charge is 2.31. The van der Waals surface area contributed by atoms with Crippen LogP contribution in [-0.4, -0.2) is 30.8 Å². The van der Waals surface area contributed by atoms with Crippen molar-refractivity contribution >= 4 is 44.8 Å². The molecular formula is C22H19Cl2N3O3S. The molecule has 1 aromatic heterocycles. The van der Waals surface area contributed by atoms with Crippen LogP contribution >= 0.6 is 23.2 Å². The summed E-state index contributed by atoms with van der Waals surface area (Å²) < 4.78 is 27.9. The Morgan fingerprint density at radius 2 is 1.87 bits per heavy atom. The maximum absolute atomic E-state index is 13.2. The van der Waals surface area contributed by atoms with E-state index in [0.717, 1.165) is 18.5 Å². The molecule has 9 heteroatoms. The molecule has 4 rings (SSSR count). The number of nitrogens with zero attached hydrogens (tertiary/aromatic N) is 2. The summed E-state index contributed by atoms with van der Waals surface area (Å²) in [7, 11) is -3.90. The Balaban J connectivity index is 1.56. The first-order valence-corrected chi connectivity index (χ1v) is 11.9. The van der Waals surface area contributed by atoms with Crippen LogP contribution in [0.15, 0.2) is 71.8 Å². The Labute approximate surface area is 190 Å². The number of hydrogen-bond donors (Lipinski definition) is 1. The molecule has 0 radical (unpaired) electrons. The first-order valence-electron chi connectivity index (χ1n) is 9.65. The van der Waals surface area contributed by atoms with Gasteiger partial charge in [0, 0.05) is 24.0 Å². The number of nitrogens with one attached hydrogen (secondary N) is 1. The highest BCUT2D eigenvalue weighted by atomic mass is 35.5. The zero-order valence-electron chi connectivity index (χ0n) is 16.3. The van der Waals surface area contributed by atoms with Crippen LogP contribution < -0.4 is 4.72 Å². The van der Waals surface area contributed by atoms with Crippen LogP contribution in [0.1, 0.15) is 34.9 Å². The summed E-state index contributed by atoms with van der Waals surface area (Å²) in [5, 5.41) is 0.407. The van der Waals surface area contributed by atoms with Gasteiger partial charge in [0.1, 0.15) is 0 Å². The van der Waals surface area contributed by atoms with E-state index in [1.54, 1.807) is 29.3 Å². The second-order valence-corrected chi connectivity index (χ2v) is 9.67. The van der Waals surface area contributed by atoms with Crippen molar-refractivity contribution in [2.45, 2.75) is 23.8 Å². The number of likely N-dealkylation sites (tertiary alicyclic amines) is 1. The Morgan fingerprint density at radius 1 is 1.03 bits per heavy atom. The summed E-state index contributed by atoms with van der Waals surface area (Å²) >= 11 is 11.8. The zero-order valence-corrected chi connectivity index (χ0v) is 18.7. The molecule has 31 heavy (non-hydrogen) atoms.